The van der Waals surface area contributed by atoms with Crippen molar-refractivity contribution in [3.05, 3.63) is 62.5 Å². The Balaban J connectivity index is 1.61. The summed E-state index contributed by atoms with van der Waals surface area (Å²) >= 11 is 3.02. The van der Waals surface area contributed by atoms with Crippen LogP contribution in [0.4, 0.5) is 5.69 Å². The summed E-state index contributed by atoms with van der Waals surface area (Å²) < 4.78 is 1.73. The van der Waals surface area contributed by atoms with Gasteiger partial charge in [-0.2, -0.15) is 9.61 Å². The van der Waals surface area contributed by atoms with Gasteiger partial charge < -0.3 is 0 Å². The third-order valence-corrected chi connectivity index (χ3v) is 5.00. The fourth-order valence-electron chi connectivity index (χ4n) is 2.13. The van der Waals surface area contributed by atoms with Crippen molar-refractivity contribution in [2.24, 2.45) is 0 Å². The Kier molecular flexibility index (Phi) is 3.63. The van der Waals surface area contributed by atoms with E-state index in [1.54, 1.807) is 28.0 Å². The van der Waals surface area contributed by atoms with Gasteiger partial charge in [-0.15, -0.1) is 21.5 Å². The van der Waals surface area contributed by atoms with Gasteiger partial charge in [0.05, 0.1) is 9.80 Å². The highest BCUT2D eigenvalue weighted by atomic mass is 32.1. The van der Waals surface area contributed by atoms with E-state index in [1.165, 1.54) is 23.5 Å². The average molecular weight is 355 g/mol. The summed E-state index contributed by atoms with van der Waals surface area (Å²) in [6.45, 7) is 0. The number of aromatic nitrogens is 4. The fourth-order valence-corrected chi connectivity index (χ4v) is 3.57. The minimum atomic E-state index is -0.414. The van der Waals surface area contributed by atoms with Crippen LogP contribution in [0, 0.1) is 10.1 Å². The number of hydrogen-bond acceptors (Lipinski definition) is 7. The predicted molar refractivity (Wildman–Crippen MR) is 94.0 cm³/mol. The Morgan fingerprint density at radius 1 is 1.12 bits per heavy atom. The molecule has 3 heterocycles. The molecule has 4 rings (SSSR count). The van der Waals surface area contributed by atoms with E-state index in [1.807, 2.05) is 29.7 Å². The number of fused-ring (bicyclic) bond motifs is 1. The van der Waals surface area contributed by atoms with Gasteiger partial charge in [-0.05, 0) is 35.2 Å². The molecular formula is C15H9N5O2S2. The summed E-state index contributed by atoms with van der Waals surface area (Å²) in [5.74, 6) is 0.728. The van der Waals surface area contributed by atoms with E-state index < -0.39 is 4.92 Å². The topological polar surface area (TPSA) is 86.2 Å². The molecule has 7 nitrogen and oxygen atoms in total. The fraction of sp³-hybridized carbons (Fsp3) is 0. The van der Waals surface area contributed by atoms with E-state index in [2.05, 4.69) is 15.3 Å². The maximum atomic E-state index is 10.7. The lowest BCUT2D eigenvalue weighted by Crippen LogP contribution is -1.88. The Hall–Kier alpha value is -2.91. The van der Waals surface area contributed by atoms with Crippen molar-refractivity contribution in [2.75, 3.05) is 0 Å². The maximum absolute atomic E-state index is 10.7. The van der Waals surface area contributed by atoms with Gasteiger partial charge in [0.25, 0.3) is 5.69 Å². The van der Waals surface area contributed by atoms with Crippen LogP contribution in [0.15, 0.2) is 41.8 Å². The minimum absolute atomic E-state index is 0.0755. The number of hydrogen-bond donors (Lipinski definition) is 0. The number of rotatable bonds is 4. The molecule has 9 heteroatoms. The first-order chi connectivity index (χ1) is 11.7. The van der Waals surface area contributed by atoms with Gasteiger partial charge in [0.1, 0.15) is 5.01 Å². The van der Waals surface area contributed by atoms with Crippen molar-refractivity contribution < 1.29 is 4.92 Å². The quantitative estimate of drug-likeness (QED) is 0.408. The standard InChI is InChI=1S/C15H9N5O2S2/c21-20(22)11-6-3-10(4-7-11)5-8-13-18-19-14(12-2-1-9-23-12)16-17-15(19)24-13/h1-9H. The molecule has 0 amide bonds. The molecule has 0 aliphatic heterocycles. The molecule has 0 atom stereocenters. The third kappa shape index (κ3) is 2.70. The smallest absolute Gasteiger partial charge is 0.258 e. The van der Waals surface area contributed by atoms with Crippen molar-refractivity contribution in [3.8, 4) is 10.7 Å². The molecule has 0 unspecified atom stereocenters. The van der Waals surface area contributed by atoms with Crippen LogP contribution in [0.2, 0.25) is 0 Å². The molecule has 0 bridgehead atoms. The lowest BCUT2D eigenvalue weighted by atomic mass is 10.2. The Morgan fingerprint density at radius 3 is 2.67 bits per heavy atom. The third-order valence-electron chi connectivity index (χ3n) is 3.27. The summed E-state index contributed by atoms with van der Waals surface area (Å²) in [7, 11) is 0. The van der Waals surface area contributed by atoms with Crippen molar-refractivity contribution in [1.82, 2.24) is 19.8 Å². The molecule has 1 aromatic carbocycles. The van der Waals surface area contributed by atoms with Crippen molar-refractivity contribution in [2.45, 2.75) is 0 Å². The molecule has 0 N–H and O–H groups in total. The van der Waals surface area contributed by atoms with Crippen LogP contribution in [0.1, 0.15) is 10.6 Å². The number of benzene rings is 1. The van der Waals surface area contributed by atoms with E-state index in [0.29, 0.717) is 0 Å². The van der Waals surface area contributed by atoms with E-state index in [0.717, 1.165) is 26.2 Å². The van der Waals surface area contributed by atoms with Gasteiger partial charge in [-0.3, -0.25) is 10.1 Å². The molecule has 3 aromatic heterocycles. The first-order valence-electron chi connectivity index (χ1n) is 6.89. The van der Waals surface area contributed by atoms with Crippen molar-refractivity contribution >= 4 is 45.5 Å². The molecule has 0 saturated carbocycles. The first-order valence-corrected chi connectivity index (χ1v) is 8.59. The van der Waals surface area contributed by atoms with Gasteiger partial charge in [0, 0.05) is 12.1 Å². The van der Waals surface area contributed by atoms with Crippen LogP contribution in [0.25, 0.3) is 27.8 Å². The normalized spacial score (nSPS) is 11.5. The summed E-state index contributed by atoms with van der Waals surface area (Å²) in [4.78, 5) is 12.0. The molecule has 4 aromatic rings. The van der Waals surface area contributed by atoms with E-state index >= 15 is 0 Å². The summed E-state index contributed by atoms with van der Waals surface area (Å²) in [5, 5.41) is 26.3. The summed E-state index contributed by atoms with van der Waals surface area (Å²) in [6, 6.07) is 10.3. The highest BCUT2D eigenvalue weighted by Crippen LogP contribution is 2.25. The van der Waals surface area contributed by atoms with Crippen molar-refractivity contribution in [3.63, 3.8) is 0 Å². The van der Waals surface area contributed by atoms with Gasteiger partial charge in [-0.25, -0.2) is 0 Å². The maximum Gasteiger partial charge on any atom is 0.269 e. The minimum Gasteiger partial charge on any atom is -0.258 e. The molecule has 0 fully saturated rings. The zero-order valence-corrected chi connectivity index (χ0v) is 13.7. The monoisotopic (exact) mass is 355 g/mol. The highest BCUT2D eigenvalue weighted by molar-refractivity contribution is 7.17. The van der Waals surface area contributed by atoms with E-state index in [4.69, 9.17) is 0 Å². The SMILES string of the molecule is O=[N+]([O-])c1ccc(C=Cc2nn3c(-c4cccs4)nnc3s2)cc1. The van der Waals surface area contributed by atoms with Gasteiger partial charge in [0.2, 0.25) is 4.96 Å². The Bertz CT molecular complexity index is 1030. The van der Waals surface area contributed by atoms with Gasteiger partial charge in [-0.1, -0.05) is 23.5 Å². The van der Waals surface area contributed by atoms with E-state index in [9.17, 15) is 10.1 Å². The first kappa shape index (κ1) is 14.7. The number of nitro benzene ring substituents is 1. The second-order valence-corrected chi connectivity index (χ2v) is 6.75. The van der Waals surface area contributed by atoms with Crippen LogP contribution in [0.3, 0.4) is 0 Å². The average Bonchev–Trinajstić information content (AvgIpc) is 3.29. The van der Waals surface area contributed by atoms with Gasteiger partial charge in [0.15, 0.2) is 5.82 Å². The molecule has 0 aliphatic rings. The molecule has 24 heavy (non-hydrogen) atoms. The molecule has 0 saturated heterocycles. The number of nitro groups is 1. The lowest BCUT2D eigenvalue weighted by molar-refractivity contribution is -0.384. The number of thiophene rings is 1. The van der Waals surface area contributed by atoms with Crippen LogP contribution >= 0.6 is 22.7 Å². The molecule has 0 aliphatic carbocycles. The van der Waals surface area contributed by atoms with Crippen LogP contribution < -0.4 is 0 Å². The Labute approximate surface area is 143 Å². The van der Waals surface area contributed by atoms with Crippen molar-refractivity contribution in [1.29, 1.82) is 0 Å². The largest absolute Gasteiger partial charge is 0.269 e. The molecule has 0 spiro atoms. The number of nitrogens with zero attached hydrogens (tertiary/aromatic N) is 5. The molecule has 118 valence electrons. The number of non-ortho nitro benzene ring substituents is 1. The van der Waals surface area contributed by atoms with Crippen LogP contribution in [-0.2, 0) is 0 Å². The van der Waals surface area contributed by atoms with Crippen LogP contribution in [-0.4, -0.2) is 24.7 Å². The zero-order valence-electron chi connectivity index (χ0n) is 12.1. The van der Waals surface area contributed by atoms with Gasteiger partial charge >= 0.3 is 0 Å². The lowest BCUT2D eigenvalue weighted by Gasteiger charge is -1.93. The predicted octanol–water partition coefficient (Wildman–Crippen LogP) is 3.99. The highest BCUT2D eigenvalue weighted by Gasteiger charge is 2.12. The second kappa shape index (κ2) is 5.95. The molecule has 0 radical (unpaired) electrons. The zero-order chi connectivity index (χ0) is 16.5. The second-order valence-electron chi connectivity index (χ2n) is 4.82. The van der Waals surface area contributed by atoms with Crippen LogP contribution in [0.5, 0.6) is 0 Å². The summed E-state index contributed by atoms with van der Waals surface area (Å²) in [6.07, 6.45) is 3.72. The van der Waals surface area contributed by atoms with E-state index in [-0.39, 0.29) is 5.69 Å². The Morgan fingerprint density at radius 2 is 1.96 bits per heavy atom. The molecular weight excluding hydrogens is 346 g/mol. The summed E-state index contributed by atoms with van der Waals surface area (Å²) in [5.41, 5.74) is 0.941.